The van der Waals surface area contributed by atoms with Crippen LogP contribution in [0.4, 0.5) is 0 Å². The van der Waals surface area contributed by atoms with Gasteiger partial charge in [-0.1, -0.05) is 26.0 Å². The molecule has 0 aliphatic heterocycles. The topological polar surface area (TPSA) is 41.8 Å². The molecule has 3 nitrogen and oxygen atoms in total. The van der Waals surface area contributed by atoms with Crippen LogP contribution >= 0.6 is 0 Å². The smallest absolute Gasteiger partial charge is 0.157 e. The molecular weight excluding hydrogens is 260 g/mol. The Balaban J connectivity index is 5.76. The highest BCUT2D eigenvalue weighted by molar-refractivity contribution is 6.46. The van der Waals surface area contributed by atoms with E-state index in [1.54, 1.807) is 13.8 Å². The Morgan fingerprint density at radius 2 is 1.57 bits per heavy atom. The molecular formula is C18H28N2O. The molecule has 0 spiro atoms. The molecule has 0 heterocycles. The van der Waals surface area contributed by atoms with E-state index in [1.807, 2.05) is 45.9 Å². The van der Waals surface area contributed by atoms with Crippen LogP contribution in [0.1, 0.15) is 55.4 Å². The number of Topliss-reactive ketones (excluding diaryl/α,β-unsaturated/α-hetero) is 1. The number of rotatable bonds is 6. The first-order chi connectivity index (χ1) is 9.74. The van der Waals surface area contributed by atoms with Gasteiger partial charge in [-0.25, -0.2) is 0 Å². The van der Waals surface area contributed by atoms with Crippen LogP contribution in [0.3, 0.4) is 0 Å². The van der Waals surface area contributed by atoms with E-state index < -0.39 is 0 Å². The quantitative estimate of drug-likeness (QED) is 0.506. The Hall–Kier alpha value is -1.77. The maximum atomic E-state index is 11.4. The monoisotopic (exact) mass is 288 g/mol. The van der Waals surface area contributed by atoms with Crippen molar-refractivity contribution in [2.45, 2.75) is 55.4 Å². The van der Waals surface area contributed by atoms with Gasteiger partial charge in [-0.05, 0) is 53.5 Å². The maximum Gasteiger partial charge on any atom is 0.157 e. The highest BCUT2D eigenvalue weighted by atomic mass is 16.1. The summed E-state index contributed by atoms with van der Waals surface area (Å²) in [5.41, 5.74) is 4.09. The second kappa shape index (κ2) is 9.22. The molecule has 0 amide bonds. The fourth-order valence-electron chi connectivity index (χ4n) is 1.71. The van der Waals surface area contributed by atoms with Crippen LogP contribution in [0.15, 0.2) is 45.2 Å². The second-order valence-corrected chi connectivity index (χ2v) is 5.33. The molecule has 0 rings (SSSR count). The molecule has 0 saturated heterocycles. The maximum absolute atomic E-state index is 11.4. The van der Waals surface area contributed by atoms with Crippen LogP contribution in [0, 0.1) is 5.92 Å². The van der Waals surface area contributed by atoms with Crippen LogP contribution in [0.2, 0.25) is 0 Å². The average Bonchev–Trinajstić information content (AvgIpc) is 2.41. The Morgan fingerprint density at radius 3 is 1.95 bits per heavy atom. The third-order valence-electron chi connectivity index (χ3n) is 3.24. The van der Waals surface area contributed by atoms with E-state index in [9.17, 15) is 4.79 Å². The number of allylic oxidation sites excluding steroid dienone is 6. The number of aliphatic imine (C=N–C) groups is 2. The van der Waals surface area contributed by atoms with Crippen molar-refractivity contribution in [1.29, 1.82) is 0 Å². The lowest BCUT2D eigenvalue weighted by atomic mass is 10.1. The third kappa shape index (κ3) is 6.48. The minimum Gasteiger partial charge on any atom is -0.295 e. The Labute approximate surface area is 129 Å². The van der Waals surface area contributed by atoms with Crippen LogP contribution in [0.5, 0.6) is 0 Å². The molecule has 0 unspecified atom stereocenters. The summed E-state index contributed by atoms with van der Waals surface area (Å²) in [6.07, 6.45) is 5.91. The van der Waals surface area contributed by atoms with Gasteiger partial charge in [0.1, 0.15) is 0 Å². The highest BCUT2D eigenvalue weighted by Gasteiger charge is 2.07. The molecule has 0 aliphatic carbocycles. The molecule has 0 atom stereocenters. The highest BCUT2D eigenvalue weighted by Crippen LogP contribution is 2.13. The van der Waals surface area contributed by atoms with Gasteiger partial charge in [0.2, 0.25) is 0 Å². The van der Waals surface area contributed by atoms with E-state index in [0.717, 1.165) is 22.8 Å². The number of hydrogen-bond acceptors (Lipinski definition) is 3. The largest absolute Gasteiger partial charge is 0.295 e. The van der Waals surface area contributed by atoms with Gasteiger partial charge < -0.3 is 0 Å². The predicted octanol–water partition coefficient (Wildman–Crippen LogP) is 4.91. The molecule has 0 aromatic carbocycles. The zero-order chi connectivity index (χ0) is 16.6. The molecule has 0 aliphatic rings. The summed E-state index contributed by atoms with van der Waals surface area (Å²) >= 11 is 0. The van der Waals surface area contributed by atoms with E-state index in [-0.39, 0.29) is 5.78 Å². The third-order valence-corrected chi connectivity index (χ3v) is 3.24. The first-order valence-electron chi connectivity index (χ1n) is 7.36. The van der Waals surface area contributed by atoms with E-state index in [4.69, 9.17) is 4.99 Å². The summed E-state index contributed by atoms with van der Waals surface area (Å²) in [7, 11) is 0. The van der Waals surface area contributed by atoms with E-state index in [0.29, 0.717) is 11.5 Å². The molecule has 3 heteroatoms. The fraction of sp³-hybridized carbons (Fsp3) is 0.500. The average molecular weight is 288 g/mol. The summed E-state index contributed by atoms with van der Waals surface area (Å²) in [5.74, 6) is 0.406. The lowest BCUT2D eigenvalue weighted by molar-refractivity contribution is -0.113. The van der Waals surface area contributed by atoms with Crippen molar-refractivity contribution in [3.05, 3.63) is 35.2 Å². The standard InChI is InChI=1S/C18H28N2O/c1-9-11-18(20-17(10-2)12(3)4)15(7)19-14(6)13(5)16(8)21/h9-12H,1-8H3/b11-9+,14-13+,17-10-,19-15?,20-18-. The van der Waals surface area contributed by atoms with Crippen molar-refractivity contribution in [3.8, 4) is 0 Å². The van der Waals surface area contributed by atoms with Crippen molar-refractivity contribution in [2.75, 3.05) is 0 Å². The Morgan fingerprint density at radius 1 is 1.00 bits per heavy atom. The first-order valence-corrected chi connectivity index (χ1v) is 7.36. The van der Waals surface area contributed by atoms with Gasteiger partial charge in [-0.3, -0.25) is 14.8 Å². The van der Waals surface area contributed by atoms with Crippen molar-refractivity contribution in [3.63, 3.8) is 0 Å². The van der Waals surface area contributed by atoms with Crippen LogP contribution in [0.25, 0.3) is 0 Å². The Kier molecular flexibility index (Phi) is 8.44. The second-order valence-electron chi connectivity index (χ2n) is 5.33. The van der Waals surface area contributed by atoms with Crippen molar-refractivity contribution in [1.82, 2.24) is 0 Å². The van der Waals surface area contributed by atoms with Crippen LogP contribution in [-0.2, 0) is 4.79 Å². The number of carbonyl (C=O) groups excluding carboxylic acids is 1. The molecule has 0 aromatic heterocycles. The Bertz CT molecular complexity index is 529. The van der Waals surface area contributed by atoms with Crippen molar-refractivity contribution in [2.24, 2.45) is 15.9 Å². The van der Waals surface area contributed by atoms with Gasteiger partial charge in [-0.2, -0.15) is 0 Å². The van der Waals surface area contributed by atoms with Gasteiger partial charge in [-0.15, -0.1) is 0 Å². The molecule has 21 heavy (non-hydrogen) atoms. The van der Waals surface area contributed by atoms with Crippen molar-refractivity contribution >= 4 is 17.2 Å². The molecule has 116 valence electrons. The minimum atomic E-state index is 0.0462. The lowest BCUT2D eigenvalue weighted by Gasteiger charge is -2.09. The number of hydrogen-bond donors (Lipinski definition) is 0. The van der Waals surface area contributed by atoms with E-state index >= 15 is 0 Å². The minimum absolute atomic E-state index is 0.0462. The molecule has 0 fully saturated rings. The normalized spacial score (nSPS) is 15.8. The summed E-state index contributed by atoms with van der Waals surface area (Å²) in [4.78, 5) is 20.6. The van der Waals surface area contributed by atoms with Gasteiger partial charge in [0.05, 0.1) is 11.4 Å². The summed E-state index contributed by atoms with van der Waals surface area (Å²) in [6.45, 7) is 15.3. The van der Waals surface area contributed by atoms with Crippen LogP contribution in [-0.4, -0.2) is 17.2 Å². The first kappa shape index (κ1) is 19.2. The number of nitrogens with zero attached hydrogens (tertiary/aromatic N) is 2. The van der Waals surface area contributed by atoms with Crippen molar-refractivity contribution < 1.29 is 4.79 Å². The lowest BCUT2D eigenvalue weighted by Crippen LogP contribution is -2.10. The van der Waals surface area contributed by atoms with Gasteiger partial charge in [0, 0.05) is 17.0 Å². The van der Waals surface area contributed by atoms with Gasteiger partial charge >= 0.3 is 0 Å². The zero-order valence-electron chi connectivity index (χ0n) is 14.6. The molecule has 0 bridgehead atoms. The molecule has 0 aromatic rings. The van der Waals surface area contributed by atoms with Gasteiger partial charge in [0.25, 0.3) is 0 Å². The fourth-order valence-corrected chi connectivity index (χ4v) is 1.71. The molecule has 0 saturated carbocycles. The van der Waals surface area contributed by atoms with E-state index in [2.05, 4.69) is 18.8 Å². The predicted molar refractivity (Wildman–Crippen MR) is 93.0 cm³/mol. The number of carbonyl (C=O) groups is 1. The van der Waals surface area contributed by atoms with E-state index in [1.165, 1.54) is 0 Å². The zero-order valence-corrected chi connectivity index (χ0v) is 14.6. The summed E-state index contributed by atoms with van der Waals surface area (Å²) in [5, 5.41) is 0. The van der Waals surface area contributed by atoms with Gasteiger partial charge in [0.15, 0.2) is 5.78 Å². The summed E-state index contributed by atoms with van der Waals surface area (Å²) in [6, 6.07) is 0. The molecule has 0 radical (unpaired) electrons. The van der Waals surface area contributed by atoms with Crippen LogP contribution < -0.4 is 0 Å². The summed E-state index contributed by atoms with van der Waals surface area (Å²) < 4.78 is 0. The molecule has 0 N–H and O–H groups in total. The SMILES string of the molecule is C\C=C(/N=C(/C=C/C)C(C)=N/C(C)=C(\C)C(C)=O)C(C)C. The number of ketones is 1.